The number of hydrogen-bond acceptors (Lipinski definition) is 7. The molecule has 1 aliphatic heterocycles. The number of fused-ring (bicyclic) bond motifs is 3. The fraction of sp³-hybridized carbons (Fsp3) is 0.292. The van der Waals surface area contributed by atoms with Crippen molar-refractivity contribution in [2.75, 3.05) is 37.3 Å². The van der Waals surface area contributed by atoms with Crippen LogP contribution in [-0.2, 0) is 7.05 Å². The van der Waals surface area contributed by atoms with Crippen LogP contribution in [0.1, 0.15) is 12.8 Å². The number of aryl methyl sites for hydroxylation is 1. The third-order valence-electron chi connectivity index (χ3n) is 5.95. The van der Waals surface area contributed by atoms with Crippen LogP contribution >= 0.6 is 0 Å². The number of pyridine rings is 1. The number of rotatable bonds is 6. The van der Waals surface area contributed by atoms with Gasteiger partial charge in [-0.25, -0.2) is 9.97 Å². The van der Waals surface area contributed by atoms with E-state index < -0.39 is 0 Å². The summed E-state index contributed by atoms with van der Waals surface area (Å²) >= 11 is 0. The Labute approximate surface area is 185 Å². The Morgan fingerprint density at radius 3 is 2.66 bits per heavy atom. The molecule has 0 unspecified atom stereocenters. The molecule has 0 radical (unpaired) electrons. The van der Waals surface area contributed by atoms with Crippen molar-refractivity contribution in [2.24, 2.45) is 7.05 Å². The highest BCUT2D eigenvalue weighted by Crippen LogP contribution is 2.24. The smallest absolute Gasteiger partial charge is 0.258 e. The molecule has 0 amide bonds. The average molecular weight is 431 g/mol. The first kappa shape index (κ1) is 20.3. The first-order valence-corrected chi connectivity index (χ1v) is 10.9. The number of nitrogens with one attached hydrogen (secondary N) is 1. The standard InChI is InChI=1S/C24H26N6O2/c1-29-21-15-26-24(28-22(21)19-9-4-16(25)14-20(19)23(29)31)27-17-5-7-18(8-6-17)32-13-12-30-10-2-3-11-30/h4-9,14-15H,2-3,10-13,25H2,1H3,(H,26,27,28). The molecule has 5 rings (SSSR count). The maximum Gasteiger partial charge on any atom is 0.258 e. The van der Waals surface area contributed by atoms with E-state index in [1.165, 1.54) is 25.9 Å². The lowest BCUT2D eigenvalue weighted by Crippen LogP contribution is -2.25. The van der Waals surface area contributed by atoms with Crippen molar-refractivity contribution in [1.82, 2.24) is 19.4 Å². The lowest BCUT2D eigenvalue weighted by molar-refractivity contribution is 0.238. The Kier molecular flexibility index (Phi) is 5.36. The van der Waals surface area contributed by atoms with Crippen molar-refractivity contribution < 1.29 is 4.74 Å². The summed E-state index contributed by atoms with van der Waals surface area (Å²) in [5, 5.41) is 4.53. The molecule has 3 heterocycles. The highest BCUT2D eigenvalue weighted by Gasteiger charge is 2.13. The minimum Gasteiger partial charge on any atom is -0.492 e. The third kappa shape index (κ3) is 3.97. The summed E-state index contributed by atoms with van der Waals surface area (Å²) < 4.78 is 7.42. The van der Waals surface area contributed by atoms with E-state index in [4.69, 9.17) is 10.5 Å². The predicted molar refractivity (Wildman–Crippen MR) is 128 cm³/mol. The minimum atomic E-state index is -0.121. The fourth-order valence-corrected chi connectivity index (χ4v) is 4.18. The van der Waals surface area contributed by atoms with Gasteiger partial charge in [0.25, 0.3) is 5.56 Å². The molecule has 0 spiro atoms. The molecule has 1 saturated heterocycles. The van der Waals surface area contributed by atoms with Gasteiger partial charge in [-0.05, 0) is 68.4 Å². The molecule has 3 N–H and O–H groups in total. The molecule has 164 valence electrons. The Morgan fingerprint density at radius 1 is 1.09 bits per heavy atom. The molecule has 0 atom stereocenters. The molecule has 8 heteroatoms. The lowest BCUT2D eigenvalue weighted by atomic mass is 10.1. The molecule has 4 aromatic rings. The van der Waals surface area contributed by atoms with Gasteiger partial charge >= 0.3 is 0 Å². The zero-order valence-corrected chi connectivity index (χ0v) is 18.0. The van der Waals surface area contributed by atoms with E-state index in [0.717, 1.165) is 23.4 Å². The van der Waals surface area contributed by atoms with E-state index in [1.807, 2.05) is 30.3 Å². The predicted octanol–water partition coefficient (Wildman–Crippen LogP) is 3.28. The molecule has 2 aromatic heterocycles. The van der Waals surface area contributed by atoms with E-state index in [1.54, 1.807) is 29.9 Å². The Morgan fingerprint density at radius 2 is 1.88 bits per heavy atom. The molecule has 0 aliphatic carbocycles. The second-order valence-corrected chi connectivity index (χ2v) is 8.14. The zero-order valence-electron chi connectivity index (χ0n) is 18.0. The fourth-order valence-electron chi connectivity index (χ4n) is 4.18. The van der Waals surface area contributed by atoms with Crippen molar-refractivity contribution in [3.63, 3.8) is 0 Å². The van der Waals surface area contributed by atoms with E-state index in [2.05, 4.69) is 20.2 Å². The minimum absolute atomic E-state index is 0.121. The van der Waals surface area contributed by atoms with Gasteiger partial charge in [0, 0.05) is 30.4 Å². The highest BCUT2D eigenvalue weighted by atomic mass is 16.5. The second kappa shape index (κ2) is 8.47. The maximum absolute atomic E-state index is 12.7. The molecule has 1 fully saturated rings. The number of ether oxygens (including phenoxy) is 1. The number of anilines is 3. The number of hydrogen-bond donors (Lipinski definition) is 2. The van der Waals surface area contributed by atoms with Crippen LogP contribution in [0.4, 0.5) is 17.3 Å². The van der Waals surface area contributed by atoms with Gasteiger partial charge in [-0.1, -0.05) is 0 Å². The van der Waals surface area contributed by atoms with Gasteiger partial charge in [0.05, 0.1) is 17.1 Å². The van der Waals surface area contributed by atoms with Crippen LogP contribution in [-0.4, -0.2) is 45.7 Å². The Balaban J connectivity index is 1.35. The Bertz CT molecular complexity index is 1330. The summed E-state index contributed by atoms with van der Waals surface area (Å²) in [6, 6.07) is 13.1. The largest absolute Gasteiger partial charge is 0.492 e. The number of nitrogens with zero attached hydrogens (tertiary/aromatic N) is 4. The van der Waals surface area contributed by atoms with Crippen LogP contribution in [0.25, 0.3) is 21.8 Å². The van der Waals surface area contributed by atoms with Crippen LogP contribution < -0.4 is 21.3 Å². The second-order valence-electron chi connectivity index (χ2n) is 8.14. The molecule has 2 aromatic carbocycles. The molecule has 0 bridgehead atoms. The normalized spacial score (nSPS) is 14.3. The lowest BCUT2D eigenvalue weighted by Gasteiger charge is -2.15. The van der Waals surface area contributed by atoms with Crippen molar-refractivity contribution in [3.8, 4) is 5.75 Å². The maximum atomic E-state index is 12.7. The molecule has 32 heavy (non-hydrogen) atoms. The Hall–Kier alpha value is -3.65. The summed E-state index contributed by atoms with van der Waals surface area (Å²) in [6.45, 7) is 4.01. The van der Waals surface area contributed by atoms with Crippen LogP contribution in [0.3, 0.4) is 0 Å². The summed E-state index contributed by atoms with van der Waals surface area (Å²) in [6.07, 6.45) is 4.24. The summed E-state index contributed by atoms with van der Waals surface area (Å²) in [5.41, 5.74) is 8.53. The van der Waals surface area contributed by atoms with Gasteiger partial charge in [0.15, 0.2) is 0 Å². The quantitative estimate of drug-likeness (QED) is 0.358. The van der Waals surface area contributed by atoms with E-state index >= 15 is 0 Å². The van der Waals surface area contributed by atoms with E-state index in [9.17, 15) is 4.79 Å². The van der Waals surface area contributed by atoms with Crippen LogP contribution in [0.2, 0.25) is 0 Å². The van der Waals surface area contributed by atoms with Gasteiger partial charge in [-0.2, -0.15) is 0 Å². The van der Waals surface area contributed by atoms with Crippen molar-refractivity contribution in [3.05, 3.63) is 59.0 Å². The summed E-state index contributed by atoms with van der Waals surface area (Å²) in [5.74, 6) is 1.30. The number of benzene rings is 2. The van der Waals surface area contributed by atoms with Crippen molar-refractivity contribution >= 4 is 39.1 Å². The monoisotopic (exact) mass is 430 g/mol. The molecule has 1 aliphatic rings. The number of nitrogens with two attached hydrogens (primary N) is 1. The first-order valence-electron chi connectivity index (χ1n) is 10.9. The SMILES string of the molecule is Cn1c(=O)c2cc(N)ccc2c2nc(Nc3ccc(OCCN4CCCC4)cc3)ncc21. The van der Waals surface area contributed by atoms with Crippen LogP contribution in [0, 0.1) is 0 Å². The summed E-state index contributed by atoms with van der Waals surface area (Å²) in [7, 11) is 1.71. The first-order chi connectivity index (χ1) is 15.6. The highest BCUT2D eigenvalue weighted by molar-refractivity contribution is 6.04. The van der Waals surface area contributed by atoms with E-state index in [0.29, 0.717) is 34.7 Å². The number of nitrogen functional groups attached to an aromatic ring is 1. The molecular weight excluding hydrogens is 404 g/mol. The zero-order chi connectivity index (χ0) is 22.1. The van der Waals surface area contributed by atoms with Gasteiger partial charge in [0.2, 0.25) is 5.95 Å². The van der Waals surface area contributed by atoms with Crippen molar-refractivity contribution in [2.45, 2.75) is 12.8 Å². The van der Waals surface area contributed by atoms with Gasteiger partial charge in [-0.3, -0.25) is 9.69 Å². The molecular formula is C24H26N6O2. The number of likely N-dealkylation sites (tertiary alicyclic amines) is 1. The van der Waals surface area contributed by atoms with Crippen LogP contribution in [0.15, 0.2) is 53.5 Å². The topological polar surface area (TPSA) is 98.3 Å². The van der Waals surface area contributed by atoms with Crippen molar-refractivity contribution in [1.29, 1.82) is 0 Å². The van der Waals surface area contributed by atoms with Gasteiger partial charge in [-0.15, -0.1) is 0 Å². The van der Waals surface area contributed by atoms with Crippen LogP contribution in [0.5, 0.6) is 5.75 Å². The molecule has 8 nitrogen and oxygen atoms in total. The number of aromatic nitrogens is 3. The third-order valence-corrected chi connectivity index (χ3v) is 5.95. The van der Waals surface area contributed by atoms with Gasteiger partial charge < -0.3 is 20.4 Å². The van der Waals surface area contributed by atoms with Gasteiger partial charge in [0.1, 0.15) is 17.9 Å². The van der Waals surface area contributed by atoms with E-state index in [-0.39, 0.29) is 5.56 Å². The summed E-state index contributed by atoms with van der Waals surface area (Å²) in [4.78, 5) is 24.2. The average Bonchev–Trinajstić information content (AvgIpc) is 3.32. The molecule has 0 saturated carbocycles.